The third-order valence-corrected chi connectivity index (χ3v) is 6.29. The zero-order valence-electron chi connectivity index (χ0n) is 13.1. The van der Waals surface area contributed by atoms with E-state index in [4.69, 9.17) is 0 Å². The smallest absolute Gasteiger partial charge is 0.0178 e. The fraction of sp³-hybridized carbons (Fsp3) is 0.684. The molecule has 0 saturated heterocycles. The van der Waals surface area contributed by atoms with Crippen LogP contribution < -0.4 is 0 Å². The van der Waals surface area contributed by atoms with Crippen molar-refractivity contribution in [3.63, 3.8) is 0 Å². The van der Waals surface area contributed by atoms with E-state index in [2.05, 4.69) is 54.9 Å². The van der Waals surface area contributed by atoms with Gasteiger partial charge in [0.2, 0.25) is 0 Å². The summed E-state index contributed by atoms with van der Waals surface area (Å²) in [5.74, 6) is 2.72. The summed E-state index contributed by atoms with van der Waals surface area (Å²) in [4.78, 5) is 0. The molecule has 0 N–H and O–H groups in total. The largest absolute Gasteiger partial charge is 0.0599 e. The van der Waals surface area contributed by atoms with E-state index in [0.29, 0.717) is 5.41 Å². The maximum Gasteiger partial charge on any atom is 0.0178 e. The van der Waals surface area contributed by atoms with Crippen LogP contribution in [0.15, 0.2) is 22.7 Å². The lowest BCUT2D eigenvalue weighted by atomic mass is 9.67. The lowest BCUT2D eigenvalue weighted by Gasteiger charge is -2.39. The molecular weight excluding hydrogens is 308 g/mol. The van der Waals surface area contributed by atoms with E-state index in [1.165, 1.54) is 43.0 Å². The van der Waals surface area contributed by atoms with Crippen molar-refractivity contribution in [2.45, 2.75) is 65.2 Å². The number of hydrogen-bond donors (Lipinski definition) is 0. The fourth-order valence-electron chi connectivity index (χ4n) is 4.50. The highest BCUT2D eigenvalue weighted by molar-refractivity contribution is 9.10. The summed E-state index contributed by atoms with van der Waals surface area (Å²) >= 11 is 3.61. The van der Waals surface area contributed by atoms with Gasteiger partial charge in [-0.3, -0.25) is 0 Å². The molecule has 110 valence electrons. The zero-order chi connectivity index (χ0) is 14.3. The monoisotopic (exact) mass is 334 g/mol. The Morgan fingerprint density at radius 2 is 1.70 bits per heavy atom. The maximum absolute atomic E-state index is 3.61. The van der Waals surface area contributed by atoms with Crippen molar-refractivity contribution in [3.8, 4) is 0 Å². The Hall–Kier alpha value is -0.300. The SMILES string of the molecule is CC(C)(C)C1CCC(C2CCc3cc(Br)ccc32)CC1. The van der Waals surface area contributed by atoms with E-state index in [-0.39, 0.29) is 0 Å². The molecule has 0 radical (unpaired) electrons. The number of halogens is 1. The molecule has 0 bridgehead atoms. The first-order valence-electron chi connectivity index (χ1n) is 8.23. The molecule has 1 aromatic carbocycles. The van der Waals surface area contributed by atoms with Gasteiger partial charge in [0.1, 0.15) is 0 Å². The van der Waals surface area contributed by atoms with Gasteiger partial charge in [-0.25, -0.2) is 0 Å². The molecule has 0 amide bonds. The number of hydrogen-bond acceptors (Lipinski definition) is 0. The molecule has 1 atom stereocenters. The molecule has 0 aliphatic heterocycles. The Morgan fingerprint density at radius 3 is 2.35 bits per heavy atom. The minimum Gasteiger partial charge on any atom is -0.0599 e. The normalized spacial score (nSPS) is 30.3. The molecule has 0 aromatic heterocycles. The molecule has 1 unspecified atom stereocenters. The first-order valence-corrected chi connectivity index (χ1v) is 9.03. The van der Waals surface area contributed by atoms with E-state index >= 15 is 0 Å². The summed E-state index contributed by atoms with van der Waals surface area (Å²) in [6, 6.07) is 6.96. The van der Waals surface area contributed by atoms with Crippen LogP contribution in [-0.2, 0) is 6.42 Å². The molecule has 0 nitrogen and oxygen atoms in total. The summed E-state index contributed by atoms with van der Waals surface area (Å²) in [6.07, 6.45) is 8.45. The highest BCUT2D eigenvalue weighted by Gasteiger charge is 2.35. The van der Waals surface area contributed by atoms with Crippen LogP contribution in [0.3, 0.4) is 0 Å². The predicted molar refractivity (Wildman–Crippen MR) is 90.1 cm³/mol. The molecule has 20 heavy (non-hydrogen) atoms. The van der Waals surface area contributed by atoms with Crippen molar-refractivity contribution >= 4 is 15.9 Å². The second-order valence-electron chi connectivity index (χ2n) is 7.97. The van der Waals surface area contributed by atoms with Crippen molar-refractivity contribution in [1.82, 2.24) is 0 Å². The molecule has 1 fully saturated rings. The van der Waals surface area contributed by atoms with E-state index < -0.39 is 0 Å². The van der Waals surface area contributed by atoms with Gasteiger partial charge in [-0.05, 0) is 85.0 Å². The van der Waals surface area contributed by atoms with Gasteiger partial charge in [-0.1, -0.05) is 42.8 Å². The quantitative estimate of drug-likeness (QED) is 0.562. The highest BCUT2D eigenvalue weighted by Crippen LogP contribution is 2.48. The summed E-state index contributed by atoms with van der Waals surface area (Å²) in [5.41, 5.74) is 3.76. The topological polar surface area (TPSA) is 0 Å². The van der Waals surface area contributed by atoms with Gasteiger partial charge in [0.25, 0.3) is 0 Å². The lowest BCUT2D eigenvalue weighted by molar-refractivity contribution is 0.139. The van der Waals surface area contributed by atoms with Crippen LogP contribution in [-0.4, -0.2) is 0 Å². The number of fused-ring (bicyclic) bond motifs is 1. The van der Waals surface area contributed by atoms with Crippen LogP contribution >= 0.6 is 15.9 Å². The Kier molecular flexibility index (Phi) is 4.01. The molecule has 1 saturated carbocycles. The third-order valence-electron chi connectivity index (χ3n) is 5.79. The fourth-order valence-corrected chi connectivity index (χ4v) is 4.90. The van der Waals surface area contributed by atoms with E-state index in [1.807, 2.05) is 0 Å². The van der Waals surface area contributed by atoms with Gasteiger partial charge in [-0.15, -0.1) is 0 Å². The molecular formula is C19H27Br. The zero-order valence-corrected chi connectivity index (χ0v) is 14.7. The second kappa shape index (κ2) is 5.48. The van der Waals surface area contributed by atoms with Crippen LogP contribution in [0.1, 0.15) is 69.9 Å². The maximum atomic E-state index is 3.61. The average Bonchev–Trinajstić information content (AvgIpc) is 2.80. The Morgan fingerprint density at radius 1 is 1.00 bits per heavy atom. The summed E-state index contributed by atoms with van der Waals surface area (Å²) in [7, 11) is 0. The van der Waals surface area contributed by atoms with E-state index in [1.54, 1.807) is 11.1 Å². The average molecular weight is 335 g/mol. The van der Waals surface area contributed by atoms with Gasteiger partial charge in [0, 0.05) is 4.47 Å². The van der Waals surface area contributed by atoms with Crippen LogP contribution in [0, 0.1) is 17.3 Å². The molecule has 0 spiro atoms. The van der Waals surface area contributed by atoms with Crippen molar-refractivity contribution in [3.05, 3.63) is 33.8 Å². The minimum atomic E-state index is 0.503. The summed E-state index contributed by atoms with van der Waals surface area (Å²) < 4.78 is 1.24. The Bertz CT molecular complexity index is 475. The lowest BCUT2D eigenvalue weighted by Crippen LogP contribution is -2.27. The van der Waals surface area contributed by atoms with Gasteiger partial charge in [0.15, 0.2) is 0 Å². The van der Waals surface area contributed by atoms with Crippen LogP contribution in [0.2, 0.25) is 0 Å². The summed E-state index contributed by atoms with van der Waals surface area (Å²) in [5, 5.41) is 0. The number of benzene rings is 1. The standard InChI is InChI=1S/C19H27Br/c1-19(2,3)15-7-4-13(5-8-15)17-10-6-14-12-16(20)9-11-18(14)17/h9,11-13,15,17H,4-8,10H2,1-3H3. The van der Waals surface area contributed by atoms with Crippen molar-refractivity contribution in [2.75, 3.05) is 0 Å². The van der Waals surface area contributed by atoms with Crippen molar-refractivity contribution in [2.24, 2.45) is 17.3 Å². The molecule has 0 heterocycles. The third kappa shape index (κ3) is 2.84. The summed E-state index contributed by atoms with van der Waals surface area (Å²) in [6.45, 7) is 7.25. The highest BCUT2D eigenvalue weighted by atomic mass is 79.9. The first kappa shape index (κ1) is 14.6. The predicted octanol–water partition coefficient (Wildman–Crippen LogP) is 6.33. The molecule has 1 aromatic rings. The molecule has 3 rings (SSSR count). The minimum absolute atomic E-state index is 0.503. The van der Waals surface area contributed by atoms with Crippen LogP contribution in [0.5, 0.6) is 0 Å². The number of rotatable bonds is 1. The Balaban J connectivity index is 1.69. The van der Waals surface area contributed by atoms with Gasteiger partial charge in [0.05, 0.1) is 0 Å². The first-order chi connectivity index (χ1) is 9.45. The van der Waals surface area contributed by atoms with Crippen LogP contribution in [0.25, 0.3) is 0 Å². The molecule has 1 heteroatoms. The van der Waals surface area contributed by atoms with Gasteiger partial charge >= 0.3 is 0 Å². The molecule has 2 aliphatic rings. The Labute approximate surface area is 132 Å². The van der Waals surface area contributed by atoms with Crippen molar-refractivity contribution < 1.29 is 0 Å². The van der Waals surface area contributed by atoms with Gasteiger partial charge < -0.3 is 0 Å². The van der Waals surface area contributed by atoms with E-state index in [9.17, 15) is 0 Å². The van der Waals surface area contributed by atoms with Gasteiger partial charge in [-0.2, -0.15) is 0 Å². The second-order valence-corrected chi connectivity index (χ2v) is 8.88. The molecule has 2 aliphatic carbocycles. The van der Waals surface area contributed by atoms with Crippen LogP contribution in [0.4, 0.5) is 0 Å². The number of aryl methyl sites for hydroxylation is 1. The van der Waals surface area contributed by atoms with E-state index in [0.717, 1.165) is 17.8 Å². The van der Waals surface area contributed by atoms with Crippen molar-refractivity contribution in [1.29, 1.82) is 0 Å².